The van der Waals surface area contributed by atoms with E-state index in [1.165, 1.54) is 11.1 Å². The van der Waals surface area contributed by atoms with E-state index in [0.717, 1.165) is 61.3 Å². The molecule has 0 aliphatic carbocycles. The van der Waals surface area contributed by atoms with Gasteiger partial charge in [0.05, 0.1) is 25.9 Å². The summed E-state index contributed by atoms with van der Waals surface area (Å²) >= 11 is 0. The van der Waals surface area contributed by atoms with Crippen LogP contribution >= 0.6 is 0 Å². The first-order valence-electron chi connectivity index (χ1n) is 11.4. The minimum absolute atomic E-state index is 0.0213. The van der Waals surface area contributed by atoms with Crippen LogP contribution in [0.3, 0.4) is 0 Å². The van der Waals surface area contributed by atoms with Crippen LogP contribution in [0.1, 0.15) is 42.0 Å². The molecule has 2 bridgehead atoms. The Morgan fingerprint density at radius 1 is 1.00 bits per heavy atom. The average Bonchev–Trinajstić information content (AvgIpc) is 3.28. The van der Waals surface area contributed by atoms with Gasteiger partial charge < -0.3 is 19.5 Å². The second-order valence-electron chi connectivity index (χ2n) is 9.14. The predicted octanol–water partition coefficient (Wildman–Crippen LogP) is 4.03. The third-order valence-corrected chi connectivity index (χ3v) is 7.25. The summed E-state index contributed by atoms with van der Waals surface area (Å²) in [5.41, 5.74) is 5.82. The van der Waals surface area contributed by atoms with Crippen LogP contribution in [0.15, 0.2) is 36.4 Å². The summed E-state index contributed by atoms with van der Waals surface area (Å²) in [4.78, 5) is 15.1. The predicted molar refractivity (Wildman–Crippen MR) is 116 cm³/mol. The highest BCUT2D eigenvalue weighted by atomic mass is 16.6. The monoisotopic (exact) mass is 420 g/mol. The van der Waals surface area contributed by atoms with Gasteiger partial charge in [0.15, 0.2) is 0 Å². The standard InChI is InChI=1S/C25H28N2O4/c28-25(31-24-13-27-8-5-16(24)6-9-27)26-22-7-10-30-23-12-18(3-4-21(22)23)17-1-2-19-14-29-15-20(19)11-17/h1-4,11-12,16,22,24H,5-10,13-15H2,(H,26,28)/t22?,24-/m1/s1. The number of fused-ring (bicyclic) bond motifs is 5. The second kappa shape index (κ2) is 7.84. The molecule has 2 atom stereocenters. The Morgan fingerprint density at radius 2 is 1.81 bits per heavy atom. The molecule has 6 heteroatoms. The fourth-order valence-corrected chi connectivity index (χ4v) is 5.43. The number of hydrogen-bond donors (Lipinski definition) is 1. The molecular weight excluding hydrogens is 392 g/mol. The molecule has 1 unspecified atom stereocenters. The molecule has 5 aliphatic rings. The Morgan fingerprint density at radius 3 is 2.65 bits per heavy atom. The first-order chi connectivity index (χ1) is 15.2. The molecule has 3 saturated heterocycles. The van der Waals surface area contributed by atoms with E-state index in [-0.39, 0.29) is 18.2 Å². The van der Waals surface area contributed by atoms with Crippen molar-refractivity contribution in [2.24, 2.45) is 5.92 Å². The molecule has 6 nitrogen and oxygen atoms in total. The maximum Gasteiger partial charge on any atom is 0.407 e. The number of piperidine rings is 3. The van der Waals surface area contributed by atoms with Crippen LogP contribution in [0, 0.1) is 5.92 Å². The average molecular weight is 421 g/mol. The first-order valence-corrected chi connectivity index (χ1v) is 11.4. The number of carbonyl (C=O) groups excluding carboxylic acids is 1. The summed E-state index contributed by atoms with van der Waals surface area (Å²) in [6.07, 6.45) is 2.73. The van der Waals surface area contributed by atoms with Gasteiger partial charge in [0.1, 0.15) is 11.9 Å². The lowest BCUT2D eigenvalue weighted by Crippen LogP contribution is -2.52. The number of benzene rings is 2. The van der Waals surface area contributed by atoms with Crippen molar-refractivity contribution >= 4 is 6.09 Å². The maximum absolute atomic E-state index is 12.7. The normalized spacial score (nSPS) is 28.4. The molecule has 0 radical (unpaired) electrons. The molecule has 31 heavy (non-hydrogen) atoms. The van der Waals surface area contributed by atoms with Gasteiger partial charge in [-0.3, -0.25) is 4.90 Å². The fraction of sp³-hybridized carbons (Fsp3) is 0.480. The van der Waals surface area contributed by atoms with Crippen molar-refractivity contribution in [3.05, 3.63) is 53.1 Å². The van der Waals surface area contributed by atoms with E-state index in [1.54, 1.807) is 0 Å². The van der Waals surface area contributed by atoms with Gasteiger partial charge in [-0.25, -0.2) is 4.79 Å². The molecule has 5 aliphatic heterocycles. The number of nitrogens with zero attached hydrogens (tertiary/aromatic N) is 1. The Bertz CT molecular complexity index is 999. The van der Waals surface area contributed by atoms with Crippen LogP contribution in [-0.2, 0) is 22.7 Å². The van der Waals surface area contributed by atoms with Crippen molar-refractivity contribution in [2.75, 3.05) is 26.2 Å². The van der Waals surface area contributed by atoms with E-state index in [4.69, 9.17) is 14.2 Å². The van der Waals surface area contributed by atoms with E-state index in [1.807, 2.05) is 0 Å². The highest BCUT2D eigenvalue weighted by Crippen LogP contribution is 2.37. The van der Waals surface area contributed by atoms with Crippen LogP contribution in [-0.4, -0.2) is 43.3 Å². The summed E-state index contributed by atoms with van der Waals surface area (Å²) in [5.74, 6) is 1.35. The van der Waals surface area contributed by atoms with Gasteiger partial charge in [0.2, 0.25) is 0 Å². The van der Waals surface area contributed by atoms with Gasteiger partial charge in [-0.1, -0.05) is 24.3 Å². The Labute approximate surface area is 182 Å². The number of carbonyl (C=O) groups is 1. The molecule has 3 fully saturated rings. The number of hydrogen-bond acceptors (Lipinski definition) is 5. The van der Waals surface area contributed by atoms with Crippen molar-refractivity contribution in [2.45, 2.75) is 44.6 Å². The van der Waals surface area contributed by atoms with Crippen LogP contribution < -0.4 is 10.1 Å². The summed E-state index contributed by atoms with van der Waals surface area (Å²) in [6.45, 7) is 5.11. The molecule has 7 rings (SSSR count). The summed E-state index contributed by atoms with van der Waals surface area (Å²) < 4.78 is 17.3. The maximum atomic E-state index is 12.7. The Balaban J connectivity index is 1.16. The molecule has 0 saturated carbocycles. The lowest BCUT2D eigenvalue weighted by atomic mass is 9.86. The smallest absolute Gasteiger partial charge is 0.407 e. The van der Waals surface area contributed by atoms with Gasteiger partial charge in [0.25, 0.3) is 0 Å². The zero-order valence-electron chi connectivity index (χ0n) is 17.6. The molecule has 1 N–H and O–H groups in total. The summed E-state index contributed by atoms with van der Waals surface area (Å²) in [7, 11) is 0. The van der Waals surface area contributed by atoms with Crippen molar-refractivity contribution < 1.29 is 19.0 Å². The molecule has 0 spiro atoms. The highest BCUT2D eigenvalue weighted by Gasteiger charge is 2.37. The van der Waals surface area contributed by atoms with E-state index in [9.17, 15) is 4.79 Å². The third kappa shape index (κ3) is 3.68. The topological polar surface area (TPSA) is 60.0 Å². The quantitative estimate of drug-likeness (QED) is 0.813. The van der Waals surface area contributed by atoms with Gasteiger partial charge in [-0.05, 0) is 66.2 Å². The molecule has 162 valence electrons. The van der Waals surface area contributed by atoms with Crippen molar-refractivity contribution in [3.63, 3.8) is 0 Å². The van der Waals surface area contributed by atoms with E-state index in [0.29, 0.717) is 25.7 Å². The lowest BCUT2D eigenvalue weighted by Gasteiger charge is -2.44. The van der Waals surface area contributed by atoms with Crippen molar-refractivity contribution in [1.29, 1.82) is 0 Å². The van der Waals surface area contributed by atoms with Crippen LogP contribution in [0.4, 0.5) is 4.79 Å². The van der Waals surface area contributed by atoms with E-state index < -0.39 is 0 Å². The van der Waals surface area contributed by atoms with Gasteiger partial charge in [0, 0.05) is 18.5 Å². The van der Waals surface area contributed by atoms with Gasteiger partial charge in [-0.2, -0.15) is 0 Å². The molecule has 5 heterocycles. The largest absolute Gasteiger partial charge is 0.493 e. The van der Waals surface area contributed by atoms with Crippen LogP contribution in [0.2, 0.25) is 0 Å². The van der Waals surface area contributed by atoms with Crippen molar-refractivity contribution in [3.8, 4) is 16.9 Å². The minimum atomic E-state index is -0.306. The van der Waals surface area contributed by atoms with Crippen molar-refractivity contribution in [1.82, 2.24) is 10.2 Å². The zero-order chi connectivity index (χ0) is 20.8. The number of alkyl carbamates (subject to hydrolysis) is 1. The first kappa shape index (κ1) is 19.1. The zero-order valence-corrected chi connectivity index (χ0v) is 17.6. The number of rotatable bonds is 3. The minimum Gasteiger partial charge on any atom is -0.493 e. The van der Waals surface area contributed by atoms with Gasteiger partial charge >= 0.3 is 6.09 Å². The van der Waals surface area contributed by atoms with Crippen LogP contribution in [0.25, 0.3) is 11.1 Å². The molecule has 2 aromatic carbocycles. The number of nitrogens with one attached hydrogen (secondary N) is 1. The molecule has 1 amide bonds. The fourth-order valence-electron chi connectivity index (χ4n) is 5.43. The van der Waals surface area contributed by atoms with E-state index >= 15 is 0 Å². The molecule has 0 aromatic heterocycles. The molecule has 2 aromatic rings. The summed E-state index contributed by atoms with van der Waals surface area (Å²) in [6, 6.07) is 12.7. The summed E-state index contributed by atoms with van der Waals surface area (Å²) in [5, 5.41) is 3.10. The Hall–Kier alpha value is -2.57. The second-order valence-corrected chi connectivity index (χ2v) is 9.14. The third-order valence-electron chi connectivity index (χ3n) is 7.25. The molecular formula is C25H28N2O4. The lowest BCUT2D eigenvalue weighted by molar-refractivity contribution is -0.0342. The Kier molecular flexibility index (Phi) is 4.84. The van der Waals surface area contributed by atoms with E-state index in [2.05, 4.69) is 46.6 Å². The van der Waals surface area contributed by atoms with Crippen LogP contribution in [0.5, 0.6) is 5.75 Å². The highest BCUT2D eigenvalue weighted by molar-refractivity contribution is 5.70. The SMILES string of the molecule is O=C(NC1CCOc2cc(-c3ccc4c(c3)COC4)ccc21)O[C@@H]1CN2CCC1CC2. The number of ether oxygens (including phenoxy) is 3. The number of amides is 1. The van der Waals surface area contributed by atoms with Gasteiger partial charge in [-0.15, -0.1) is 0 Å².